The van der Waals surface area contributed by atoms with Crippen molar-refractivity contribution in [2.45, 2.75) is 18.7 Å². The van der Waals surface area contributed by atoms with E-state index in [2.05, 4.69) is 15.6 Å². The number of nitrogens with zero attached hydrogens (tertiary/aromatic N) is 1. The number of benzene rings is 1. The second kappa shape index (κ2) is 7.62. The summed E-state index contributed by atoms with van der Waals surface area (Å²) in [5.41, 5.74) is 2.91. The van der Waals surface area contributed by atoms with E-state index < -0.39 is 15.9 Å². The number of methoxy groups -OCH3 is 3. The van der Waals surface area contributed by atoms with Crippen LogP contribution in [-0.4, -0.2) is 45.9 Å². The quantitative estimate of drug-likeness (QED) is 0.598. The number of ether oxygens (including phenoxy) is 3. The van der Waals surface area contributed by atoms with Crippen LogP contribution in [0.4, 0.5) is 0 Å². The van der Waals surface area contributed by atoms with Crippen molar-refractivity contribution in [3.63, 3.8) is 0 Å². The van der Waals surface area contributed by atoms with E-state index in [1.165, 1.54) is 33.5 Å². The minimum Gasteiger partial charge on any atom is -0.493 e. The zero-order valence-corrected chi connectivity index (χ0v) is 15.8. The Morgan fingerprint density at radius 1 is 1.08 bits per heavy atom. The molecule has 0 saturated carbocycles. The number of carbonyl (C=O) groups excluding carboxylic acids is 1. The Kier molecular flexibility index (Phi) is 5.73. The molecular formula is C15H20N4O6S. The maximum atomic E-state index is 12.4. The molecule has 2 aromatic rings. The minimum absolute atomic E-state index is 0.0253. The van der Waals surface area contributed by atoms with Gasteiger partial charge in [0.25, 0.3) is 15.9 Å². The molecule has 0 atom stereocenters. The lowest BCUT2D eigenvalue weighted by atomic mass is 10.1. The van der Waals surface area contributed by atoms with Crippen molar-refractivity contribution in [1.82, 2.24) is 20.5 Å². The molecule has 0 bridgehead atoms. The predicted octanol–water partition coefficient (Wildman–Crippen LogP) is 0.676. The lowest BCUT2D eigenvalue weighted by molar-refractivity contribution is 0.0944. The lowest BCUT2D eigenvalue weighted by Crippen LogP contribution is -2.41. The summed E-state index contributed by atoms with van der Waals surface area (Å²) in [6.45, 7) is 3.11. The van der Waals surface area contributed by atoms with Crippen LogP contribution in [0.15, 0.2) is 17.0 Å². The Labute approximate surface area is 150 Å². The van der Waals surface area contributed by atoms with Gasteiger partial charge in [0.15, 0.2) is 11.5 Å². The molecular weight excluding hydrogens is 364 g/mol. The Morgan fingerprint density at radius 2 is 1.65 bits per heavy atom. The number of H-pyrrole nitrogens is 1. The molecule has 0 aliphatic rings. The number of hydrazine groups is 1. The van der Waals surface area contributed by atoms with E-state index in [0.717, 1.165) is 0 Å². The first-order valence-corrected chi connectivity index (χ1v) is 8.87. The van der Waals surface area contributed by atoms with Gasteiger partial charge in [-0.2, -0.15) is 5.10 Å². The Morgan fingerprint density at radius 3 is 2.08 bits per heavy atom. The fourth-order valence-electron chi connectivity index (χ4n) is 2.39. The van der Waals surface area contributed by atoms with Crippen LogP contribution in [0.3, 0.4) is 0 Å². The summed E-state index contributed by atoms with van der Waals surface area (Å²) >= 11 is 0. The van der Waals surface area contributed by atoms with Gasteiger partial charge in [-0.15, -0.1) is 4.83 Å². The summed E-state index contributed by atoms with van der Waals surface area (Å²) < 4.78 is 40.2. The monoisotopic (exact) mass is 384 g/mol. The molecule has 26 heavy (non-hydrogen) atoms. The molecule has 10 nitrogen and oxygen atoms in total. The van der Waals surface area contributed by atoms with Gasteiger partial charge in [0.1, 0.15) is 4.90 Å². The van der Waals surface area contributed by atoms with Crippen molar-refractivity contribution in [2.24, 2.45) is 0 Å². The van der Waals surface area contributed by atoms with Crippen molar-refractivity contribution in [1.29, 1.82) is 0 Å². The first kappa shape index (κ1) is 19.5. The summed E-state index contributed by atoms with van der Waals surface area (Å²) in [6, 6.07) is 2.80. The van der Waals surface area contributed by atoms with Gasteiger partial charge in [0.05, 0.1) is 32.7 Å². The molecule has 142 valence electrons. The highest BCUT2D eigenvalue weighted by atomic mass is 32.2. The average Bonchev–Trinajstić information content (AvgIpc) is 2.97. The van der Waals surface area contributed by atoms with Crippen molar-refractivity contribution in [3.05, 3.63) is 29.1 Å². The highest BCUT2D eigenvalue weighted by molar-refractivity contribution is 7.89. The van der Waals surface area contributed by atoms with Gasteiger partial charge in [0, 0.05) is 5.56 Å². The summed E-state index contributed by atoms with van der Waals surface area (Å²) in [7, 11) is 0.264. The smallest absolute Gasteiger partial charge is 0.266 e. The van der Waals surface area contributed by atoms with E-state index in [0.29, 0.717) is 11.4 Å². The summed E-state index contributed by atoms with van der Waals surface area (Å²) in [5, 5.41) is 6.40. The second-order valence-electron chi connectivity index (χ2n) is 5.24. The van der Waals surface area contributed by atoms with Crippen molar-refractivity contribution >= 4 is 15.9 Å². The van der Waals surface area contributed by atoms with Crippen LogP contribution in [0.2, 0.25) is 0 Å². The number of carbonyl (C=O) groups is 1. The van der Waals surface area contributed by atoms with Crippen LogP contribution in [0.5, 0.6) is 17.2 Å². The summed E-state index contributed by atoms with van der Waals surface area (Å²) in [6.07, 6.45) is 0. The molecule has 1 aromatic heterocycles. The maximum absolute atomic E-state index is 12.4. The maximum Gasteiger partial charge on any atom is 0.266 e. The molecule has 1 amide bonds. The number of aromatic nitrogens is 2. The zero-order chi connectivity index (χ0) is 19.5. The Balaban J connectivity index is 2.25. The van der Waals surface area contributed by atoms with E-state index in [4.69, 9.17) is 14.2 Å². The molecule has 0 unspecified atom stereocenters. The van der Waals surface area contributed by atoms with E-state index in [1.54, 1.807) is 13.8 Å². The van der Waals surface area contributed by atoms with Crippen LogP contribution in [0, 0.1) is 13.8 Å². The van der Waals surface area contributed by atoms with E-state index in [1.807, 2.05) is 4.83 Å². The SMILES string of the molecule is COc1cc(C(=O)NNS(=O)(=O)c2c(C)n[nH]c2C)cc(OC)c1OC. The average molecular weight is 384 g/mol. The van der Waals surface area contributed by atoms with Gasteiger partial charge in [0.2, 0.25) is 5.75 Å². The number of nitrogens with one attached hydrogen (secondary N) is 3. The summed E-state index contributed by atoms with van der Waals surface area (Å²) in [4.78, 5) is 14.4. The molecule has 11 heteroatoms. The first-order valence-electron chi connectivity index (χ1n) is 7.38. The number of aromatic amines is 1. The number of aryl methyl sites for hydroxylation is 2. The third-order valence-corrected chi connectivity index (χ3v) is 5.06. The molecule has 1 heterocycles. The molecule has 0 aliphatic heterocycles. The number of amides is 1. The van der Waals surface area contributed by atoms with Crippen LogP contribution in [0.1, 0.15) is 21.7 Å². The topological polar surface area (TPSA) is 132 Å². The largest absolute Gasteiger partial charge is 0.493 e. The van der Waals surface area contributed by atoms with Gasteiger partial charge >= 0.3 is 0 Å². The van der Waals surface area contributed by atoms with Crippen molar-refractivity contribution in [3.8, 4) is 17.2 Å². The highest BCUT2D eigenvalue weighted by Gasteiger charge is 2.24. The molecule has 0 saturated heterocycles. The Bertz CT molecular complexity index is 878. The lowest BCUT2D eigenvalue weighted by Gasteiger charge is -2.14. The van der Waals surface area contributed by atoms with Crippen LogP contribution in [-0.2, 0) is 10.0 Å². The van der Waals surface area contributed by atoms with E-state index >= 15 is 0 Å². The third kappa shape index (κ3) is 3.73. The zero-order valence-electron chi connectivity index (χ0n) is 15.0. The number of rotatable bonds is 7. The molecule has 0 spiro atoms. The Hall–Kier alpha value is -2.79. The molecule has 0 fully saturated rings. The molecule has 2 rings (SSSR count). The standard InChI is InChI=1S/C15H20N4O6S/c1-8-14(9(2)17-16-8)26(21,22)19-18-15(20)10-6-11(23-3)13(25-5)12(7-10)24-4/h6-7,19H,1-5H3,(H,16,17)(H,18,20). The summed E-state index contributed by atoms with van der Waals surface area (Å²) in [5.74, 6) is 0.145. The third-order valence-electron chi connectivity index (χ3n) is 3.56. The van der Waals surface area contributed by atoms with Gasteiger partial charge in [-0.25, -0.2) is 8.42 Å². The minimum atomic E-state index is -3.99. The molecule has 0 aliphatic carbocycles. The van der Waals surface area contributed by atoms with Gasteiger partial charge in [-0.05, 0) is 26.0 Å². The van der Waals surface area contributed by atoms with Gasteiger partial charge < -0.3 is 14.2 Å². The fourth-order valence-corrected chi connectivity index (χ4v) is 3.60. The van der Waals surface area contributed by atoms with Crippen molar-refractivity contribution in [2.75, 3.05) is 21.3 Å². The van der Waals surface area contributed by atoms with Crippen LogP contribution >= 0.6 is 0 Å². The molecule has 0 radical (unpaired) electrons. The van der Waals surface area contributed by atoms with E-state index in [-0.39, 0.29) is 27.7 Å². The van der Waals surface area contributed by atoms with Crippen LogP contribution < -0.4 is 24.5 Å². The normalized spacial score (nSPS) is 11.1. The fraction of sp³-hybridized carbons (Fsp3) is 0.333. The second-order valence-corrected chi connectivity index (χ2v) is 6.86. The number of sulfonamides is 1. The van der Waals surface area contributed by atoms with Gasteiger partial charge in [-0.1, -0.05) is 0 Å². The van der Waals surface area contributed by atoms with Crippen molar-refractivity contribution < 1.29 is 27.4 Å². The highest BCUT2D eigenvalue weighted by Crippen LogP contribution is 2.38. The van der Waals surface area contributed by atoms with Gasteiger partial charge in [-0.3, -0.25) is 15.3 Å². The number of hydrogen-bond acceptors (Lipinski definition) is 7. The van der Waals surface area contributed by atoms with E-state index in [9.17, 15) is 13.2 Å². The predicted molar refractivity (Wildman–Crippen MR) is 91.9 cm³/mol. The van der Waals surface area contributed by atoms with Crippen LogP contribution in [0.25, 0.3) is 0 Å². The number of hydrogen-bond donors (Lipinski definition) is 3. The first-order chi connectivity index (χ1) is 12.2. The molecule has 3 N–H and O–H groups in total. The molecule has 1 aromatic carbocycles.